The average Bonchev–Trinajstić information content (AvgIpc) is 3.37. The van der Waals surface area contributed by atoms with Crippen LogP contribution in [0.25, 0.3) is 5.76 Å². The molecule has 1 fully saturated rings. The van der Waals surface area contributed by atoms with Gasteiger partial charge in [-0.1, -0.05) is 26.0 Å². The van der Waals surface area contributed by atoms with Gasteiger partial charge in [-0.05, 0) is 81.4 Å². The summed E-state index contributed by atoms with van der Waals surface area (Å²) in [6.45, 7) is 11.8. The molecular formula is C29H36N2O5. The largest absolute Gasteiger partial charge is 0.507 e. The summed E-state index contributed by atoms with van der Waals surface area (Å²) in [6, 6.07) is 12.2. The minimum absolute atomic E-state index is 0.0673. The van der Waals surface area contributed by atoms with Gasteiger partial charge >= 0.3 is 0 Å². The topological polar surface area (TPSA) is 79.3 Å². The van der Waals surface area contributed by atoms with Crippen molar-refractivity contribution in [3.8, 4) is 11.5 Å². The molecule has 36 heavy (non-hydrogen) atoms. The summed E-state index contributed by atoms with van der Waals surface area (Å²) in [5.41, 5.74) is 2.39. The summed E-state index contributed by atoms with van der Waals surface area (Å²) in [5, 5.41) is 11.4. The summed E-state index contributed by atoms with van der Waals surface area (Å²) >= 11 is 0. The first kappa shape index (κ1) is 25.8. The maximum absolute atomic E-state index is 13.3. The highest BCUT2D eigenvalue weighted by Gasteiger charge is 2.46. The van der Waals surface area contributed by atoms with Crippen LogP contribution in [0.3, 0.4) is 0 Å². The summed E-state index contributed by atoms with van der Waals surface area (Å²) in [4.78, 5) is 30.4. The second-order valence-corrected chi connectivity index (χ2v) is 9.33. The second kappa shape index (κ2) is 11.2. The van der Waals surface area contributed by atoms with Crippen LogP contribution in [0.2, 0.25) is 0 Å². The summed E-state index contributed by atoms with van der Waals surface area (Å²) in [6.07, 6.45) is 1.53. The highest BCUT2D eigenvalue weighted by molar-refractivity contribution is 6.46. The van der Waals surface area contributed by atoms with Crippen molar-refractivity contribution in [2.75, 3.05) is 32.8 Å². The third-order valence-corrected chi connectivity index (χ3v) is 6.98. The van der Waals surface area contributed by atoms with E-state index in [1.807, 2.05) is 50.2 Å². The first-order chi connectivity index (χ1) is 17.4. The van der Waals surface area contributed by atoms with Crippen LogP contribution in [0.5, 0.6) is 11.5 Å². The van der Waals surface area contributed by atoms with Crippen molar-refractivity contribution < 1.29 is 24.2 Å². The number of nitrogens with zero attached hydrogens (tertiary/aromatic N) is 2. The van der Waals surface area contributed by atoms with E-state index >= 15 is 0 Å². The number of rotatable bonds is 10. The van der Waals surface area contributed by atoms with Gasteiger partial charge < -0.3 is 24.4 Å². The number of hydrogen-bond acceptors (Lipinski definition) is 6. The van der Waals surface area contributed by atoms with Crippen LogP contribution in [0.1, 0.15) is 56.8 Å². The predicted octanol–water partition coefficient (Wildman–Crippen LogP) is 4.56. The van der Waals surface area contributed by atoms with E-state index in [0.29, 0.717) is 24.5 Å². The number of carbonyl (C=O) groups is 2. The Hall–Kier alpha value is -3.32. The lowest BCUT2D eigenvalue weighted by molar-refractivity contribution is -0.140. The number of carbonyl (C=O) groups excluding carboxylic acids is 2. The van der Waals surface area contributed by atoms with Gasteiger partial charge in [0.25, 0.3) is 11.7 Å². The Kier molecular flexibility index (Phi) is 7.99. The van der Waals surface area contributed by atoms with E-state index < -0.39 is 17.7 Å². The molecule has 2 heterocycles. The molecule has 2 aromatic rings. The molecular weight excluding hydrogens is 456 g/mol. The lowest BCUT2D eigenvalue weighted by Crippen LogP contribution is -2.33. The predicted molar refractivity (Wildman–Crippen MR) is 139 cm³/mol. The van der Waals surface area contributed by atoms with Crippen LogP contribution in [0, 0.1) is 0 Å². The van der Waals surface area contributed by atoms with E-state index in [0.717, 1.165) is 49.4 Å². The van der Waals surface area contributed by atoms with Crippen LogP contribution in [0.4, 0.5) is 0 Å². The Morgan fingerprint density at radius 2 is 1.83 bits per heavy atom. The molecule has 0 aliphatic carbocycles. The molecule has 2 atom stereocenters. The highest BCUT2D eigenvalue weighted by Crippen LogP contribution is 2.41. The minimum atomic E-state index is -0.666. The van der Waals surface area contributed by atoms with Crippen LogP contribution in [0.15, 0.2) is 48.0 Å². The molecule has 1 amide bonds. The molecule has 2 aliphatic rings. The quantitative estimate of drug-likeness (QED) is 0.298. The number of aliphatic hydroxyl groups excluding tert-OH is 1. The summed E-state index contributed by atoms with van der Waals surface area (Å²) in [7, 11) is 0. The fourth-order valence-corrected chi connectivity index (χ4v) is 5.10. The number of likely N-dealkylation sites (tertiary alicyclic amines) is 1. The van der Waals surface area contributed by atoms with E-state index in [4.69, 9.17) is 9.47 Å². The zero-order valence-corrected chi connectivity index (χ0v) is 21.6. The van der Waals surface area contributed by atoms with Crippen LogP contribution < -0.4 is 9.47 Å². The van der Waals surface area contributed by atoms with Crippen molar-refractivity contribution in [2.45, 2.75) is 52.7 Å². The summed E-state index contributed by atoms with van der Waals surface area (Å²) in [5.74, 6) is 0.125. The fraction of sp³-hybridized carbons (Fsp3) is 0.448. The van der Waals surface area contributed by atoms with E-state index in [2.05, 4.69) is 18.7 Å². The average molecular weight is 493 g/mol. The number of ketones is 1. The number of benzene rings is 2. The molecule has 4 rings (SSSR count). The maximum Gasteiger partial charge on any atom is 0.295 e. The number of aliphatic hydroxyl groups is 1. The second-order valence-electron chi connectivity index (χ2n) is 9.33. The van der Waals surface area contributed by atoms with Gasteiger partial charge in [-0.25, -0.2) is 0 Å². The fourth-order valence-electron chi connectivity index (χ4n) is 5.10. The maximum atomic E-state index is 13.3. The molecule has 7 nitrogen and oxygen atoms in total. The molecule has 2 aliphatic heterocycles. The van der Waals surface area contributed by atoms with Gasteiger partial charge in [0, 0.05) is 18.5 Å². The monoisotopic (exact) mass is 492 g/mol. The number of amides is 1. The van der Waals surface area contributed by atoms with Gasteiger partial charge in [0.1, 0.15) is 23.4 Å². The normalized spacial score (nSPS) is 20.6. The molecule has 192 valence electrons. The number of Topliss-reactive ketones (excluding diaryl/α,β-unsaturated/α-hetero) is 1. The van der Waals surface area contributed by atoms with Crippen molar-refractivity contribution in [3.63, 3.8) is 0 Å². The van der Waals surface area contributed by atoms with Crippen molar-refractivity contribution in [1.29, 1.82) is 0 Å². The van der Waals surface area contributed by atoms with Gasteiger partial charge in [-0.2, -0.15) is 0 Å². The zero-order chi connectivity index (χ0) is 25.8. The van der Waals surface area contributed by atoms with Gasteiger partial charge in [0.15, 0.2) is 0 Å². The first-order valence-electron chi connectivity index (χ1n) is 12.9. The number of ether oxygens (including phenoxy) is 2. The molecule has 0 saturated carbocycles. The van der Waals surface area contributed by atoms with Crippen LogP contribution in [-0.2, 0) is 16.0 Å². The van der Waals surface area contributed by atoms with Crippen molar-refractivity contribution in [2.24, 2.45) is 0 Å². The lowest BCUT2D eigenvalue weighted by atomic mass is 9.94. The standard InChI is InChI=1S/C29H36N2O5/c1-5-30(6-2)15-8-16-31-26(20-9-12-23(13-10-20)35-7-3)25(28(33)29(31)34)27(32)21-11-14-24-22(18-21)17-19(4)36-24/h9-14,18-19,26,32H,5-8,15-17H2,1-4H3/b27-25-. The molecule has 0 aromatic heterocycles. The lowest BCUT2D eigenvalue weighted by Gasteiger charge is -2.27. The van der Waals surface area contributed by atoms with Gasteiger partial charge in [-0.15, -0.1) is 0 Å². The molecule has 0 radical (unpaired) electrons. The molecule has 0 spiro atoms. The van der Waals surface area contributed by atoms with Gasteiger partial charge in [0.05, 0.1) is 18.2 Å². The van der Waals surface area contributed by atoms with E-state index in [9.17, 15) is 14.7 Å². The Morgan fingerprint density at radius 3 is 2.50 bits per heavy atom. The van der Waals surface area contributed by atoms with E-state index in [1.54, 1.807) is 11.0 Å². The summed E-state index contributed by atoms with van der Waals surface area (Å²) < 4.78 is 11.4. The van der Waals surface area contributed by atoms with E-state index in [-0.39, 0.29) is 17.4 Å². The van der Waals surface area contributed by atoms with Crippen molar-refractivity contribution >= 4 is 17.4 Å². The smallest absolute Gasteiger partial charge is 0.295 e. The zero-order valence-electron chi connectivity index (χ0n) is 21.6. The Balaban J connectivity index is 1.72. The van der Waals surface area contributed by atoms with Crippen molar-refractivity contribution in [1.82, 2.24) is 9.80 Å². The number of fused-ring (bicyclic) bond motifs is 1. The molecule has 1 N–H and O–H groups in total. The Morgan fingerprint density at radius 1 is 1.11 bits per heavy atom. The molecule has 7 heteroatoms. The highest BCUT2D eigenvalue weighted by atomic mass is 16.5. The Labute approximate surface area is 213 Å². The first-order valence-corrected chi connectivity index (χ1v) is 12.9. The van der Waals surface area contributed by atoms with E-state index in [1.165, 1.54) is 0 Å². The van der Waals surface area contributed by atoms with Crippen LogP contribution >= 0.6 is 0 Å². The van der Waals surface area contributed by atoms with Crippen molar-refractivity contribution in [3.05, 3.63) is 64.7 Å². The van der Waals surface area contributed by atoms with Crippen LogP contribution in [-0.4, -0.2) is 65.5 Å². The molecule has 2 aromatic carbocycles. The Bertz CT molecular complexity index is 1140. The molecule has 2 unspecified atom stereocenters. The van der Waals surface area contributed by atoms with Gasteiger partial charge in [-0.3, -0.25) is 9.59 Å². The number of hydrogen-bond donors (Lipinski definition) is 1. The third kappa shape index (κ3) is 5.12. The third-order valence-electron chi connectivity index (χ3n) is 6.98. The minimum Gasteiger partial charge on any atom is -0.507 e. The van der Waals surface area contributed by atoms with Gasteiger partial charge in [0.2, 0.25) is 0 Å². The molecule has 0 bridgehead atoms. The molecule has 1 saturated heterocycles. The SMILES string of the molecule is CCOc1ccc(C2/C(=C(/O)c3ccc4c(c3)CC(C)O4)C(=O)C(=O)N2CCCN(CC)CC)cc1.